The van der Waals surface area contributed by atoms with E-state index in [4.69, 9.17) is 4.74 Å². The van der Waals surface area contributed by atoms with E-state index in [0.717, 1.165) is 25.3 Å². The summed E-state index contributed by atoms with van der Waals surface area (Å²) in [4.78, 5) is 24.3. The highest BCUT2D eigenvalue weighted by Crippen LogP contribution is 2.22. The molecule has 1 rings (SSSR count). The molecule has 1 fully saturated rings. The normalized spacial score (nSPS) is 20.5. The Kier molecular flexibility index (Phi) is 5.84. The van der Waals surface area contributed by atoms with Crippen LogP contribution in [-0.2, 0) is 14.3 Å². The van der Waals surface area contributed by atoms with Crippen LogP contribution in [0.4, 0.5) is 0 Å². The zero-order valence-electron chi connectivity index (χ0n) is 9.90. The predicted molar refractivity (Wildman–Crippen MR) is 64.3 cm³/mol. The number of thioether (sulfide) groups is 1. The molecule has 0 bridgehead atoms. The highest BCUT2D eigenvalue weighted by Gasteiger charge is 2.29. The van der Waals surface area contributed by atoms with Gasteiger partial charge in [-0.3, -0.25) is 9.59 Å². The van der Waals surface area contributed by atoms with Crippen molar-refractivity contribution in [1.29, 1.82) is 0 Å². The highest BCUT2D eigenvalue weighted by atomic mass is 32.2. The van der Waals surface area contributed by atoms with Gasteiger partial charge in [0.05, 0.1) is 0 Å². The summed E-state index contributed by atoms with van der Waals surface area (Å²) in [6, 6.07) is 0. The number of ether oxygens (including phenoxy) is 1. The first-order valence-electron chi connectivity index (χ1n) is 5.53. The fraction of sp³-hybridized carbons (Fsp3) is 0.818. The fourth-order valence-corrected chi connectivity index (χ4v) is 2.51. The van der Waals surface area contributed by atoms with Crippen LogP contribution in [0.25, 0.3) is 0 Å². The molecule has 4 nitrogen and oxygen atoms in total. The summed E-state index contributed by atoms with van der Waals surface area (Å²) < 4.78 is 4.96. The Hall–Kier alpha value is -0.550. The molecular formula is C11H19NO3S. The van der Waals surface area contributed by atoms with Crippen molar-refractivity contribution in [1.82, 2.24) is 4.90 Å². The molecule has 0 aliphatic carbocycles. The van der Waals surface area contributed by atoms with E-state index < -0.39 is 0 Å². The quantitative estimate of drug-likeness (QED) is 0.659. The van der Waals surface area contributed by atoms with Gasteiger partial charge in [-0.05, 0) is 12.3 Å². The van der Waals surface area contributed by atoms with Gasteiger partial charge in [0.1, 0.15) is 0 Å². The lowest BCUT2D eigenvalue weighted by Gasteiger charge is -2.15. The zero-order chi connectivity index (χ0) is 12.0. The van der Waals surface area contributed by atoms with E-state index in [2.05, 4.69) is 0 Å². The maximum atomic E-state index is 11.6. The maximum absolute atomic E-state index is 11.6. The van der Waals surface area contributed by atoms with Crippen molar-refractivity contribution in [3.05, 3.63) is 0 Å². The number of likely N-dealkylation sites (tertiary alicyclic amines) is 1. The van der Waals surface area contributed by atoms with E-state index in [1.54, 1.807) is 14.0 Å². The number of carbonyl (C=O) groups excluding carboxylic acids is 2. The van der Waals surface area contributed by atoms with Gasteiger partial charge in [0, 0.05) is 45.9 Å². The Bertz CT molecular complexity index is 258. The van der Waals surface area contributed by atoms with Crippen LogP contribution in [0.15, 0.2) is 0 Å². The van der Waals surface area contributed by atoms with Crippen LogP contribution in [0.1, 0.15) is 19.8 Å². The van der Waals surface area contributed by atoms with Gasteiger partial charge < -0.3 is 9.64 Å². The molecule has 1 amide bonds. The Balaban J connectivity index is 2.24. The molecule has 1 unspecified atom stereocenters. The molecule has 0 N–H and O–H groups in total. The maximum Gasteiger partial charge on any atom is 0.222 e. The van der Waals surface area contributed by atoms with Crippen LogP contribution in [-0.4, -0.2) is 48.5 Å². The second-order valence-electron chi connectivity index (χ2n) is 4.06. The second kappa shape index (κ2) is 6.91. The number of nitrogens with zero attached hydrogens (tertiary/aromatic N) is 1. The van der Waals surface area contributed by atoms with E-state index >= 15 is 0 Å². The van der Waals surface area contributed by atoms with E-state index in [-0.39, 0.29) is 11.0 Å². The molecule has 1 aliphatic heterocycles. The molecule has 16 heavy (non-hydrogen) atoms. The molecule has 0 spiro atoms. The summed E-state index contributed by atoms with van der Waals surface area (Å²) in [5.74, 6) is 1.32. The van der Waals surface area contributed by atoms with Crippen molar-refractivity contribution in [2.75, 3.05) is 32.6 Å². The van der Waals surface area contributed by atoms with Crippen molar-refractivity contribution in [3.8, 4) is 0 Å². The summed E-state index contributed by atoms with van der Waals surface area (Å²) in [5, 5.41) is 0.130. The minimum atomic E-state index is 0.130. The van der Waals surface area contributed by atoms with Crippen LogP contribution in [0.5, 0.6) is 0 Å². The smallest absolute Gasteiger partial charge is 0.222 e. The van der Waals surface area contributed by atoms with Crippen molar-refractivity contribution in [2.45, 2.75) is 19.8 Å². The number of methoxy groups -OCH3 is 1. The van der Waals surface area contributed by atoms with E-state index in [1.165, 1.54) is 11.8 Å². The van der Waals surface area contributed by atoms with Gasteiger partial charge >= 0.3 is 0 Å². The number of carbonyl (C=O) groups is 2. The molecule has 1 saturated heterocycles. The van der Waals surface area contributed by atoms with Crippen LogP contribution >= 0.6 is 11.8 Å². The molecule has 1 atom stereocenters. The van der Waals surface area contributed by atoms with Gasteiger partial charge in [0.15, 0.2) is 5.12 Å². The third-order valence-electron chi connectivity index (χ3n) is 2.59. The van der Waals surface area contributed by atoms with Crippen molar-refractivity contribution >= 4 is 22.8 Å². The largest absolute Gasteiger partial charge is 0.385 e. The molecule has 1 aliphatic rings. The number of hydrogen-bond acceptors (Lipinski definition) is 4. The van der Waals surface area contributed by atoms with Gasteiger partial charge in [-0.25, -0.2) is 0 Å². The van der Waals surface area contributed by atoms with Crippen molar-refractivity contribution in [2.24, 2.45) is 5.92 Å². The second-order valence-corrected chi connectivity index (χ2v) is 5.26. The Morgan fingerprint density at radius 3 is 3.00 bits per heavy atom. The van der Waals surface area contributed by atoms with E-state index in [0.29, 0.717) is 18.9 Å². The zero-order valence-corrected chi connectivity index (χ0v) is 10.7. The Morgan fingerprint density at radius 1 is 1.62 bits per heavy atom. The SMILES string of the molecule is COCCCN1CC(CSC(C)=O)CC1=O. The van der Waals surface area contributed by atoms with Crippen LogP contribution in [0.2, 0.25) is 0 Å². The first kappa shape index (κ1) is 13.5. The topological polar surface area (TPSA) is 46.6 Å². The third kappa shape index (κ3) is 4.53. The summed E-state index contributed by atoms with van der Waals surface area (Å²) >= 11 is 1.32. The molecule has 0 saturated carbocycles. The molecule has 0 radical (unpaired) electrons. The van der Waals surface area contributed by atoms with Gasteiger partial charge in [-0.2, -0.15) is 0 Å². The molecule has 0 aromatic carbocycles. The Labute approximate surface area is 101 Å². The fourth-order valence-electron chi connectivity index (χ4n) is 1.82. The van der Waals surface area contributed by atoms with E-state index in [9.17, 15) is 9.59 Å². The van der Waals surface area contributed by atoms with E-state index in [1.807, 2.05) is 4.90 Å². The lowest BCUT2D eigenvalue weighted by Crippen LogP contribution is -2.27. The molecule has 0 aromatic heterocycles. The highest BCUT2D eigenvalue weighted by molar-refractivity contribution is 8.13. The van der Waals surface area contributed by atoms with Gasteiger partial charge in [0.2, 0.25) is 5.91 Å². The summed E-state index contributed by atoms with van der Waals surface area (Å²) in [5.41, 5.74) is 0. The third-order valence-corrected chi connectivity index (χ3v) is 3.64. The first-order valence-corrected chi connectivity index (χ1v) is 6.52. The molecule has 92 valence electrons. The molecular weight excluding hydrogens is 226 g/mol. The average Bonchev–Trinajstić information content (AvgIpc) is 2.57. The Morgan fingerprint density at radius 2 is 2.38 bits per heavy atom. The summed E-state index contributed by atoms with van der Waals surface area (Å²) in [6.07, 6.45) is 1.47. The molecule has 0 aromatic rings. The lowest BCUT2D eigenvalue weighted by molar-refractivity contribution is -0.127. The number of hydrogen-bond donors (Lipinski definition) is 0. The number of amides is 1. The standard InChI is InChI=1S/C11H19NO3S/c1-9(13)16-8-10-6-11(14)12(7-10)4-3-5-15-2/h10H,3-8H2,1-2H3. The lowest BCUT2D eigenvalue weighted by atomic mass is 10.1. The molecule has 5 heteroatoms. The van der Waals surface area contributed by atoms with Gasteiger partial charge in [-0.15, -0.1) is 0 Å². The number of rotatable bonds is 6. The van der Waals surface area contributed by atoms with Crippen LogP contribution in [0, 0.1) is 5.92 Å². The predicted octanol–water partition coefficient (Wildman–Crippen LogP) is 1.15. The monoisotopic (exact) mass is 245 g/mol. The van der Waals surface area contributed by atoms with Crippen molar-refractivity contribution < 1.29 is 14.3 Å². The van der Waals surface area contributed by atoms with Gasteiger partial charge in [0.25, 0.3) is 0 Å². The first-order chi connectivity index (χ1) is 7.63. The van der Waals surface area contributed by atoms with Crippen molar-refractivity contribution in [3.63, 3.8) is 0 Å². The minimum absolute atomic E-state index is 0.130. The average molecular weight is 245 g/mol. The summed E-state index contributed by atoms with van der Waals surface area (Å²) in [7, 11) is 1.66. The summed E-state index contributed by atoms with van der Waals surface area (Å²) in [6.45, 7) is 3.82. The minimum Gasteiger partial charge on any atom is -0.385 e. The van der Waals surface area contributed by atoms with Crippen LogP contribution < -0.4 is 0 Å². The van der Waals surface area contributed by atoms with Gasteiger partial charge in [-0.1, -0.05) is 11.8 Å². The molecule has 1 heterocycles. The van der Waals surface area contributed by atoms with Crippen LogP contribution in [0.3, 0.4) is 0 Å².